The highest BCUT2D eigenvalue weighted by atomic mass is 16.5. The smallest absolute Gasteiger partial charge is 0.320 e. The number of urea groups is 1. The van der Waals surface area contributed by atoms with Crippen molar-refractivity contribution in [1.29, 1.82) is 0 Å². The molecular formula is C13H20N4O4. The van der Waals surface area contributed by atoms with Gasteiger partial charge < -0.3 is 24.4 Å². The molecule has 1 aliphatic heterocycles. The van der Waals surface area contributed by atoms with E-state index in [1.165, 1.54) is 22.1 Å². The van der Waals surface area contributed by atoms with Crippen molar-refractivity contribution < 1.29 is 18.8 Å². The number of nitrogens with one attached hydrogen (secondary N) is 1. The normalized spacial score (nSPS) is 17.5. The lowest BCUT2D eigenvalue weighted by molar-refractivity contribution is -0.117. The summed E-state index contributed by atoms with van der Waals surface area (Å²) < 4.78 is 10.2. The van der Waals surface area contributed by atoms with Crippen molar-refractivity contribution in [2.75, 3.05) is 39.1 Å². The minimum Gasteiger partial charge on any atom is -0.376 e. The Morgan fingerprint density at radius 2 is 2.29 bits per heavy atom. The summed E-state index contributed by atoms with van der Waals surface area (Å²) in [5, 5.41) is 6.18. The zero-order valence-electron chi connectivity index (χ0n) is 12.2. The Labute approximate surface area is 123 Å². The van der Waals surface area contributed by atoms with Gasteiger partial charge in [-0.15, -0.1) is 0 Å². The summed E-state index contributed by atoms with van der Waals surface area (Å²) in [6.45, 7) is 1.06. The Morgan fingerprint density at radius 3 is 2.86 bits per heavy atom. The molecule has 1 aromatic heterocycles. The van der Waals surface area contributed by atoms with Crippen molar-refractivity contribution in [3.8, 4) is 0 Å². The number of hydrogen-bond acceptors (Lipinski definition) is 5. The number of ether oxygens (including phenoxy) is 1. The van der Waals surface area contributed by atoms with Crippen LogP contribution < -0.4 is 5.32 Å². The summed E-state index contributed by atoms with van der Waals surface area (Å²) in [7, 11) is 3.31. The van der Waals surface area contributed by atoms with Crippen LogP contribution in [0.25, 0.3) is 0 Å². The van der Waals surface area contributed by atoms with E-state index < -0.39 is 0 Å². The predicted molar refractivity (Wildman–Crippen MR) is 74.8 cm³/mol. The van der Waals surface area contributed by atoms with Crippen molar-refractivity contribution in [2.24, 2.45) is 0 Å². The van der Waals surface area contributed by atoms with E-state index in [9.17, 15) is 9.59 Å². The molecule has 0 bridgehead atoms. The summed E-state index contributed by atoms with van der Waals surface area (Å²) in [6.07, 6.45) is 3.25. The molecule has 0 radical (unpaired) electrons. The number of aromatic nitrogens is 1. The molecule has 1 unspecified atom stereocenters. The van der Waals surface area contributed by atoms with Crippen molar-refractivity contribution in [3.05, 3.63) is 12.3 Å². The largest absolute Gasteiger partial charge is 0.376 e. The Morgan fingerprint density at radius 1 is 1.48 bits per heavy atom. The van der Waals surface area contributed by atoms with Gasteiger partial charge in [0.1, 0.15) is 12.8 Å². The fraction of sp³-hybridized carbons (Fsp3) is 0.615. The van der Waals surface area contributed by atoms with Crippen LogP contribution in [0.3, 0.4) is 0 Å². The first-order valence-corrected chi connectivity index (χ1v) is 6.84. The number of rotatable bonds is 5. The molecule has 0 aromatic carbocycles. The number of nitrogens with zero attached hydrogens (tertiary/aromatic N) is 3. The molecule has 8 heteroatoms. The van der Waals surface area contributed by atoms with Crippen LogP contribution in [0.15, 0.2) is 16.9 Å². The molecule has 3 amide bonds. The summed E-state index contributed by atoms with van der Waals surface area (Å²) in [6, 6.07) is 1.32. The molecule has 116 valence electrons. The average molecular weight is 296 g/mol. The summed E-state index contributed by atoms with van der Waals surface area (Å²) >= 11 is 0. The second kappa shape index (κ2) is 7.07. The lowest BCUT2D eigenvalue weighted by Gasteiger charge is -2.27. The van der Waals surface area contributed by atoms with Crippen LogP contribution in [-0.4, -0.2) is 66.8 Å². The Hall–Kier alpha value is -2.09. The van der Waals surface area contributed by atoms with E-state index in [4.69, 9.17) is 4.74 Å². The molecule has 21 heavy (non-hydrogen) atoms. The Balaban J connectivity index is 1.93. The molecule has 2 heterocycles. The summed E-state index contributed by atoms with van der Waals surface area (Å²) in [4.78, 5) is 27.0. The first-order chi connectivity index (χ1) is 10.1. The van der Waals surface area contributed by atoms with Crippen LogP contribution in [-0.2, 0) is 9.53 Å². The van der Waals surface area contributed by atoms with Crippen molar-refractivity contribution in [3.63, 3.8) is 0 Å². The third-order valence-corrected chi connectivity index (χ3v) is 3.14. The Kier molecular flexibility index (Phi) is 5.15. The van der Waals surface area contributed by atoms with Gasteiger partial charge in [-0.2, -0.15) is 0 Å². The highest BCUT2D eigenvalue weighted by Gasteiger charge is 2.25. The summed E-state index contributed by atoms with van der Waals surface area (Å²) in [5.41, 5.74) is 0. The van der Waals surface area contributed by atoms with Gasteiger partial charge in [-0.25, -0.2) is 4.79 Å². The zero-order valence-corrected chi connectivity index (χ0v) is 12.2. The van der Waals surface area contributed by atoms with Gasteiger partial charge in [0.05, 0.1) is 6.10 Å². The van der Waals surface area contributed by atoms with Gasteiger partial charge in [0, 0.05) is 33.3 Å². The van der Waals surface area contributed by atoms with Gasteiger partial charge in [-0.05, 0) is 12.8 Å². The quantitative estimate of drug-likeness (QED) is 0.867. The molecule has 1 aliphatic rings. The first-order valence-electron chi connectivity index (χ1n) is 6.84. The molecule has 2 rings (SSSR count). The van der Waals surface area contributed by atoms with Crippen molar-refractivity contribution in [1.82, 2.24) is 15.0 Å². The van der Waals surface area contributed by atoms with Crippen LogP contribution in [0, 0.1) is 0 Å². The Bertz CT molecular complexity index is 469. The molecule has 1 N–H and O–H groups in total. The van der Waals surface area contributed by atoms with Gasteiger partial charge in [0.15, 0.2) is 5.82 Å². The number of hydrogen-bond donors (Lipinski definition) is 1. The lowest BCUT2D eigenvalue weighted by atomic mass is 10.2. The maximum Gasteiger partial charge on any atom is 0.320 e. The third-order valence-electron chi connectivity index (χ3n) is 3.14. The maximum absolute atomic E-state index is 12.2. The first kappa shape index (κ1) is 15.3. The van der Waals surface area contributed by atoms with Crippen molar-refractivity contribution in [2.45, 2.75) is 18.9 Å². The van der Waals surface area contributed by atoms with Gasteiger partial charge in [0.2, 0.25) is 5.91 Å². The molecule has 1 aromatic rings. The van der Waals surface area contributed by atoms with Gasteiger partial charge in [0.25, 0.3) is 0 Å². The SMILES string of the molecule is CN(C)C(=O)N(CC(=O)Nc1ccon1)CC1CCCO1. The van der Waals surface area contributed by atoms with E-state index in [0.717, 1.165) is 12.8 Å². The highest BCUT2D eigenvalue weighted by Crippen LogP contribution is 2.14. The molecule has 8 nitrogen and oxygen atoms in total. The van der Waals surface area contributed by atoms with Crippen LogP contribution in [0.1, 0.15) is 12.8 Å². The fourth-order valence-electron chi connectivity index (χ4n) is 2.16. The van der Waals surface area contributed by atoms with Gasteiger partial charge in [-0.3, -0.25) is 4.79 Å². The fourth-order valence-corrected chi connectivity index (χ4v) is 2.16. The number of carbonyl (C=O) groups is 2. The van der Waals surface area contributed by atoms with E-state index in [1.807, 2.05) is 0 Å². The van der Waals surface area contributed by atoms with E-state index >= 15 is 0 Å². The highest BCUT2D eigenvalue weighted by molar-refractivity contribution is 5.93. The van der Waals surface area contributed by atoms with E-state index in [2.05, 4.69) is 15.0 Å². The molecule has 0 aliphatic carbocycles. The van der Waals surface area contributed by atoms with Gasteiger partial charge >= 0.3 is 6.03 Å². The van der Waals surface area contributed by atoms with E-state index in [-0.39, 0.29) is 24.6 Å². The van der Waals surface area contributed by atoms with Crippen LogP contribution in [0.4, 0.5) is 10.6 Å². The number of anilines is 1. The van der Waals surface area contributed by atoms with Crippen molar-refractivity contribution >= 4 is 17.8 Å². The van der Waals surface area contributed by atoms with Crippen LogP contribution >= 0.6 is 0 Å². The molecule has 0 saturated carbocycles. The van der Waals surface area contributed by atoms with Gasteiger partial charge in [-0.1, -0.05) is 5.16 Å². The maximum atomic E-state index is 12.2. The second-order valence-corrected chi connectivity index (χ2v) is 5.13. The standard InChI is InChI=1S/C13H20N4O4/c1-16(2)13(19)17(8-10-4-3-6-20-10)9-12(18)14-11-5-7-21-15-11/h5,7,10H,3-4,6,8-9H2,1-2H3,(H,14,15,18). The van der Waals surface area contributed by atoms with E-state index in [1.54, 1.807) is 14.1 Å². The topological polar surface area (TPSA) is 87.9 Å². The summed E-state index contributed by atoms with van der Waals surface area (Å²) in [5.74, 6) is 0.00599. The van der Waals surface area contributed by atoms with E-state index in [0.29, 0.717) is 19.0 Å². The molecule has 1 atom stereocenters. The average Bonchev–Trinajstić information content (AvgIpc) is 3.10. The number of carbonyl (C=O) groups excluding carboxylic acids is 2. The van der Waals surface area contributed by atoms with Crippen LogP contribution in [0.2, 0.25) is 0 Å². The third kappa shape index (κ3) is 4.45. The molecule has 0 spiro atoms. The minimum absolute atomic E-state index is 0.00579. The number of amides is 3. The van der Waals surface area contributed by atoms with Crippen LogP contribution in [0.5, 0.6) is 0 Å². The second-order valence-electron chi connectivity index (χ2n) is 5.13. The monoisotopic (exact) mass is 296 g/mol. The minimum atomic E-state index is -0.322. The molecular weight excluding hydrogens is 276 g/mol. The lowest BCUT2D eigenvalue weighted by Crippen LogP contribution is -2.46. The molecule has 1 fully saturated rings. The zero-order chi connectivity index (χ0) is 15.2. The predicted octanol–water partition coefficient (Wildman–Crippen LogP) is 0.776. The molecule has 1 saturated heterocycles.